The van der Waals surface area contributed by atoms with E-state index in [0.717, 1.165) is 24.0 Å². The maximum atomic E-state index is 12.7. The zero-order chi connectivity index (χ0) is 18.5. The van der Waals surface area contributed by atoms with Crippen molar-refractivity contribution in [1.29, 1.82) is 0 Å². The van der Waals surface area contributed by atoms with Crippen LogP contribution in [0.4, 0.5) is 5.69 Å². The van der Waals surface area contributed by atoms with E-state index in [1.54, 1.807) is 36.2 Å². The molecule has 5 heteroatoms. The fourth-order valence-corrected chi connectivity index (χ4v) is 3.07. The average molecular weight is 352 g/mol. The number of nitrogens with one attached hydrogen (secondary N) is 1. The van der Waals surface area contributed by atoms with E-state index in [0.29, 0.717) is 24.4 Å². The highest BCUT2D eigenvalue weighted by Gasteiger charge is 2.23. The second kappa shape index (κ2) is 8.15. The fraction of sp³-hybridized carbons (Fsp3) is 0.333. The van der Waals surface area contributed by atoms with Gasteiger partial charge in [-0.3, -0.25) is 9.59 Å². The quantitative estimate of drug-likeness (QED) is 0.897. The number of hydrogen-bond acceptors (Lipinski definition) is 3. The van der Waals surface area contributed by atoms with Gasteiger partial charge in [0.05, 0.1) is 0 Å². The third-order valence-corrected chi connectivity index (χ3v) is 4.61. The second-order valence-corrected chi connectivity index (χ2v) is 6.66. The summed E-state index contributed by atoms with van der Waals surface area (Å²) < 4.78 is 5.39. The van der Waals surface area contributed by atoms with Crippen molar-refractivity contribution in [1.82, 2.24) is 4.90 Å². The molecule has 0 aliphatic carbocycles. The summed E-state index contributed by atoms with van der Waals surface area (Å²) in [7, 11) is 1.78. The van der Waals surface area contributed by atoms with Crippen LogP contribution in [-0.2, 0) is 16.1 Å². The number of amides is 2. The lowest BCUT2D eigenvalue weighted by atomic mass is 10.1. The molecule has 1 aliphatic heterocycles. The van der Waals surface area contributed by atoms with E-state index in [-0.39, 0.29) is 11.8 Å². The van der Waals surface area contributed by atoms with Gasteiger partial charge in [0.25, 0.3) is 11.8 Å². The van der Waals surface area contributed by atoms with Crippen molar-refractivity contribution in [3.05, 3.63) is 65.2 Å². The first kappa shape index (κ1) is 18.1. The highest BCUT2D eigenvalue weighted by atomic mass is 16.5. The van der Waals surface area contributed by atoms with E-state index in [1.165, 1.54) is 0 Å². The van der Waals surface area contributed by atoms with E-state index >= 15 is 0 Å². The summed E-state index contributed by atoms with van der Waals surface area (Å²) in [6.07, 6.45) is 1.25. The molecule has 1 atom stereocenters. The molecule has 3 rings (SSSR count). The number of anilines is 1. The van der Waals surface area contributed by atoms with E-state index in [2.05, 4.69) is 5.32 Å². The van der Waals surface area contributed by atoms with Gasteiger partial charge in [-0.15, -0.1) is 0 Å². The van der Waals surface area contributed by atoms with Crippen LogP contribution in [0.5, 0.6) is 0 Å². The summed E-state index contributed by atoms with van der Waals surface area (Å²) in [5.74, 6) is -0.234. The molecule has 1 fully saturated rings. The Morgan fingerprint density at radius 1 is 1.19 bits per heavy atom. The van der Waals surface area contributed by atoms with Gasteiger partial charge in [0.1, 0.15) is 6.10 Å². The minimum Gasteiger partial charge on any atom is -0.368 e. The summed E-state index contributed by atoms with van der Waals surface area (Å²) in [6.45, 7) is 3.20. The lowest BCUT2D eigenvalue weighted by Crippen LogP contribution is -2.28. The number of rotatable bonds is 5. The zero-order valence-corrected chi connectivity index (χ0v) is 15.2. The van der Waals surface area contributed by atoms with Gasteiger partial charge < -0.3 is 15.0 Å². The monoisotopic (exact) mass is 352 g/mol. The molecule has 2 aromatic carbocycles. The molecule has 0 aromatic heterocycles. The van der Waals surface area contributed by atoms with Gasteiger partial charge in [0, 0.05) is 31.5 Å². The number of aryl methyl sites for hydroxylation is 1. The normalized spacial score (nSPS) is 16.3. The molecule has 136 valence electrons. The van der Waals surface area contributed by atoms with E-state index in [1.807, 2.05) is 31.2 Å². The molecule has 0 bridgehead atoms. The number of hydrogen-bond donors (Lipinski definition) is 1. The van der Waals surface area contributed by atoms with Crippen molar-refractivity contribution in [3.8, 4) is 0 Å². The smallest absolute Gasteiger partial charge is 0.253 e. The molecule has 5 nitrogen and oxygen atoms in total. The first-order chi connectivity index (χ1) is 12.5. The molecule has 26 heavy (non-hydrogen) atoms. The molecule has 0 spiro atoms. The Kier molecular flexibility index (Phi) is 5.68. The van der Waals surface area contributed by atoms with Crippen molar-refractivity contribution in [2.24, 2.45) is 0 Å². The molecular weight excluding hydrogens is 328 g/mol. The molecular formula is C21H24N2O3. The standard InChI is InChI=1S/C21H24N2O3/c1-15-7-3-4-8-17(15)14-23(2)21(25)16-9-5-10-18(13-16)22-20(24)19-11-6-12-26-19/h3-5,7-10,13,19H,6,11-12,14H2,1-2H3,(H,22,24). The third kappa shape index (κ3) is 4.29. The Labute approximate surface area is 154 Å². The van der Waals surface area contributed by atoms with Crippen LogP contribution in [0.3, 0.4) is 0 Å². The maximum Gasteiger partial charge on any atom is 0.253 e. The topological polar surface area (TPSA) is 58.6 Å². The third-order valence-electron chi connectivity index (χ3n) is 4.61. The van der Waals surface area contributed by atoms with E-state index in [4.69, 9.17) is 4.74 Å². The summed E-state index contributed by atoms with van der Waals surface area (Å²) in [5.41, 5.74) is 3.43. The molecule has 1 saturated heterocycles. The Bertz CT molecular complexity index is 797. The van der Waals surface area contributed by atoms with Crippen molar-refractivity contribution >= 4 is 17.5 Å². The van der Waals surface area contributed by atoms with Crippen molar-refractivity contribution in [2.45, 2.75) is 32.4 Å². The van der Waals surface area contributed by atoms with Crippen molar-refractivity contribution < 1.29 is 14.3 Å². The van der Waals surface area contributed by atoms with Crippen LogP contribution in [0.2, 0.25) is 0 Å². The maximum absolute atomic E-state index is 12.7. The molecule has 1 N–H and O–H groups in total. The van der Waals surface area contributed by atoms with Gasteiger partial charge in [0.15, 0.2) is 0 Å². The van der Waals surface area contributed by atoms with Crippen LogP contribution in [-0.4, -0.2) is 36.5 Å². The predicted octanol–water partition coefficient (Wildman–Crippen LogP) is 3.38. The summed E-state index contributed by atoms with van der Waals surface area (Å²) in [4.78, 5) is 26.6. The first-order valence-corrected chi connectivity index (χ1v) is 8.87. The predicted molar refractivity (Wildman–Crippen MR) is 101 cm³/mol. The highest BCUT2D eigenvalue weighted by Crippen LogP contribution is 2.18. The van der Waals surface area contributed by atoms with Gasteiger partial charge in [-0.25, -0.2) is 0 Å². The Morgan fingerprint density at radius 3 is 2.73 bits per heavy atom. The number of carbonyl (C=O) groups excluding carboxylic acids is 2. The van der Waals surface area contributed by atoms with Crippen molar-refractivity contribution in [2.75, 3.05) is 19.0 Å². The fourth-order valence-electron chi connectivity index (χ4n) is 3.07. The minimum absolute atomic E-state index is 0.0820. The van der Waals surface area contributed by atoms with Crippen molar-refractivity contribution in [3.63, 3.8) is 0 Å². The molecule has 1 heterocycles. The average Bonchev–Trinajstić information content (AvgIpc) is 3.18. The lowest BCUT2D eigenvalue weighted by molar-refractivity contribution is -0.124. The number of nitrogens with zero attached hydrogens (tertiary/aromatic N) is 1. The van der Waals surface area contributed by atoms with Crippen LogP contribution >= 0.6 is 0 Å². The van der Waals surface area contributed by atoms with Gasteiger partial charge in [-0.2, -0.15) is 0 Å². The number of carbonyl (C=O) groups is 2. The van der Waals surface area contributed by atoms with Gasteiger partial charge in [0.2, 0.25) is 0 Å². The van der Waals surface area contributed by atoms with E-state index in [9.17, 15) is 9.59 Å². The molecule has 2 amide bonds. The summed E-state index contributed by atoms with van der Waals surface area (Å²) >= 11 is 0. The lowest BCUT2D eigenvalue weighted by Gasteiger charge is -2.19. The number of benzene rings is 2. The highest BCUT2D eigenvalue weighted by molar-refractivity contribution is 5.98. The van der Waals surface area contributed by atoms with Gasteiger partial charge >= 0.3 is 0 Å². The van der Waals surface area contributed by atoms with E-state index < -0.39 is 6.10 Å². The second-order valence-electron chi connectivity index (χ2n) is 6.66. The molecule has 0 saturated carbocycles. The molecule has 0 radical (unpaired) electrons. The zero-order valence-electron chi connectivity index (χ0n) is 15.2. The molecule has 1 unspecified atom stereocenters. The number of ether oxygens (including phenoxy) is 1. The summed E-state index contributed by atoms with van der Waals surface area (Å²) in [5, 5.41) is 2.84. The van der Waals surface area contributed by atoms with Crippen LogP contribution in [0.15, 0.2) is 48.5 Å². The summed E-state index contributed by atoms with van der Waals surface area (Å²) in [6, 6.07) is 15.1. The van der Waals surface area contributed by atoms with Crippen LogP contribution < -0.4 is 5.32 Å². The van der Waals surface area contributed by atoms with Gasteiger partial charge in [-0.05, 0) is 49.1 Å². The Balaban J connectivity index is 1.67. The van der Waals surface area contributed by atoms with Crippen LogP contribution in [0.25, 0.3) is 0 Å². The van der Waals surface area contributed by atoms with Crippen LogP contribution in [0.1, 0.15) is 34.3 Å². The Morgan fingerprint density at radius 2 is 2.00 bits per heavy atom. The van der Waals surface area contributed by atoms with Gasteiger partial charge in [-0.1, -0.05) is 30.3 Å². The molecule has 1 aliphatic rings. The SMILES string of the molecule is Cc1ccccc1CN(C)C(=O)c1cccc(NC(=O)C2CCCO2)c1. The Hall–Kier alpha value is -2.66. The first-order valence-electron chi connectivity index (χ1n) is 8.87. The molecule has 2 aromatic rings. The minimum atomic E-state index is -0.391. The largest absolute Gasteiger partial charge is 0.368 e. The van der Waals surface area contributed by atoms with Crippen LogP contribution in [0, 0.1) is 6.92 Å².